The molecular weight excluding hydrogens is 326 g/mol. The molecule has 1 aromatic rings. The number of hydrogen-bond donors (Lipinski definition) is 0. The Morgan fingerprint density at radius 1 is 1.17 bits per heavy atom. The van der Waals surface area contributed by atoms with Gasteiger partial charge in [0.25, 0.3) is 0 Å². The maximum Gasteiger partial charge on any atom is 0.494 e. The zero-order chi connectivity index (χ0) is 18.3. The average molecular weight is 353 g/mol. The minimum absolute atomic E-state index is 0.139. The second-order valence-electron chi connectivity index (χ2n) is 8.20. The summed E-state index contributed by atoms with van der Waals surface area (Å²) in [6, 6.07) is 5.50. The van der Waals surface area contributed by atoms with Gasteiger partial charge >= 0.3 is 13.1 Å². The van der Waals surface area contributed by atoms with E-state index < -0.39 is 23.9 Å². The lowest BCUT2D eigenvalue weighted by Gasteiger charge is -2.32. The second-order valence-corrected chi connectivity index (χ2v) is 8.61. The van der Waals surface area contributed by atoms with Crippen molar-refractivity contribution in [3.05, 3.63) is 28.8 Å². The van der Waals surface area contributed by atoms with E-state index in [1.54, 1.807) is 6.07 Å². The highest BCUT2D eigenvalue weighted by molar-refractivity contribution is 6.62. The Bertz CT molecular complexity index is 618. The third-order valence-corrected chi connectivity index (χ3v) is 4.71. The molecule has 0 saturated carbocycles. The molecule has 24 heavy (non-hydrogen) atoms. The molecule has 0 amide bonds. The SMILES string of the molecule is CC(C)(C)OC(=O)Cc1ccc(B2OC(C)(C)C(C)(C)O2)cc1Cl. The summed E-state index contributed by atoms with van der Waals surface area (Å²) in [5, 5.41) is 0.507. The van der Waals surface area contributed by atoms with Crippen LogP contribution in [0.25, 0.3) is 0 Å². The molecule has 0 radical (unpaired) electrons. The molecule has 0 aliphatic carbocycles. The first-order valence-corrected chi connectivity index (χ1v) is 8.54. The number of benzene rings is 1. The summed E-state index contributed by atoms with van der Waals surface area (Å²) in [5.41, 5.74) is 0.253. The third kappa shape index (κ3) is 4.32. The number of rotatable bonds is 3. The predicted molar refractivity (Wildman–Crippen MR) is 96.7 cm³/mol. The molecule has 0 atom stereocenters. The lowest BCUT2D eigenvalue weighted by Crippen LogP contribution is -2.41. The monoisotopic (exact) mass is 352 g/mol. The van der Waals surface area contributed by atoms with Crippen molar-refractivity contribution in [1.82, 2.24) is 0 Å². The minimum Gasteiger partial charge on any atom is -0.460 e. The molecule has 132 valence electrons. The van der Waals surface area contributed by atoms with Crippen molar-refractivity contribution in [2.75, 3.05) is 0 Å². The fourth-order valence-corrected chi connectivity index (χ4v) is 2.62. The second kappa shape index (κ2) is 6.36. The maximum atomic E-state index is 12.0. The van der Waals surface area contributed by atoms with Crippen molar-refractivity contribution >= 4 is 30.2 Å². The zero-order valence-electron chi connectivity index (χ0n) is 15.5. The first kappa shape index (κ1) is 19.3. The van der Waals surface area contributed by atoms with Gasteiger partial charge in [-0.1, -0.05) is 23.7 Å². The lowest BCUT2D eigenvalue weighted by molar-refractivity contribution is -0.153. The number of esters is 1. The molecule has 0 bridgehead atoms. The Hall–Kier alpha value is -1.04. The van der Waals surface area contributed by atoms with E-state index in [1.165, 1.54) is 0 Å². The zero-order valence-corrected chi connectivity index (χ0v) is 16.3. The van der Waals surface area contributed by atoms with Gasteiger partial charge in [-0.2, -0.15) is 0 Å². The molecule has 0 spiro atoms. The van der Waals surface area contributed by atoms with Gasteiger partial charge in [-0.15, -0.1) is 0 Å². The van der Waals surface area contributed by atoms with Crippen molar-refractivity contribution in [1.29, 1.82) is 0 Å². The highest BCUT2D eigenvalue weighted by Gasteiger charge is 2.51. The van der Waals surface area contributed by atoms with Gasteiger partial charge in [0.05, 0.1) is 17.6 Å². The standard InChI is InChI=1S/C18H26BClO4/c1-16(2,3)22-15(21)10-12-8-9-13(11-14(12)20)19-23-17(4,5)18(6,7)24-19/h8-9,11H,10H2,1-7H3. The predicted octanol–water partition coefficient (Wildman–Crippen LogP) is 3.52. The van der Waals surface area contributed by atoms with Gasteiger partial charge in [0.15, 0.2) is 0 Å². The van der Waals surface area contributed by atoms with E-state index in [-0.39, 0.29) is 12.4 Å². The fourth-order valence-electron chi connectivity index (χ4n) is 2.37. The largest absolute Gasteiger partial charge is 0.494 e. The maximum absolute atomic E-state index is 12.0. The molecule has 0 N–H and O–H groups in total. The number of carbonyl (C=O) groups excluding carboxylic acids is 1. The summed E-state index contributed by atoms with van der Waals surface area (Å²) in [6.07, 6.45) is 0.139. The third-order valence-electron chi connectivity index (χ3n) is 4.36. The molecule has 0 aromatic heterocycles. The van der Waals surface area contributed by atoms with Crippen LogP contribution in [0.3, 0.4) is 0 Å². The Labute approximate surface area is 150 Å². The van der Waals surface area contributed by atoms with Crippen LogP contribution in [-0.4, -0.2) is 29.9 Å². The molecule has 1 heterocycles. The molecular formula is C18H26BClO4. The number of halogens is 1. The molecule has 1 aliphatic heterocycles. The highest BCUT2D eigenvalue weighted by atomic mass is 35.5. The van der Waals surface area contributed by atoms with Crippen LogP contribution >= 0.6 is 11.6 Å². The summed E-state index contributed by atoms with van der Waals surface area (Å²) in [4.78, 5) is 12.0. The van der Waals surface area contributed by atoms with E-state index in [0.29, 0.717) is 5.02 Å². The van der Waals surface area contributed by atoms with E-state index >= 15 is 0 Å². The van der Waals surface area contributed by atoms with Crippen LogP contribution in [0.2, 0.25) is 5.02 Å². The number of hydrogen-bond acceptors (Lipinski definition) is 4. The molecule has 1 fully saturated rings. The van der Waals surface area contributed by atoms with Crippen LogP contribution in [0.4, 0.5) is 0 Å². The van der Waals surface area contributed by atoms with Crippen LogP contribution in [0, 0.1) is 0 Å². The molecule has 0 unspecified atom stereocenters. The first-order valence-electron chi connectivity index (χ1n) is 8.16. The minimum atomic E-state index is -0.508. The topological polar surface area (TPSA) is 44.8 Å². The van der Waals surface area contributed by atoms with Crippen molar-refractivity contribution < 1.29 is 18.8 Å². The average Bonchev–Trinajstić information content (AvgIpc) is 2.58. The van der Waals surface area contributed by atoms with Crippen LogP contribution in [-0.2, 0) is 25.3 Å². The smallest absolute Gasteiger partial charge is 0.460 e. The van der Waals surface area contributed by atoms with Gasteiger partial charge in [-0.25, -0.2) is 0 Å². The van der Waals surface area contributed by atoms with Gasteiger partial charge in [0.2, 0.25) is 0 Å². The van der Waals surface area contributed by atoms with Crippen molar-refractivity contribution in [2.24, 2.45) is 0 Å². The van der Waals surface area contributed by atoms with E-state index in [2.05, 4.69) is 0 Å². The van der Waals surface area contributed by atoms with Gasteiger partial charge in [0.1, 0.15) is 5.60 Å². The van der Waals surface area contributed by atoms with Crippen LogP contribution < -0.4 is 5.46 Å². The Kier molecular flexibility index (Phi) is 5.11. The van der Waals surface area contributed by atoms with Gasteiger partial charge in [-0.05, 0) is 65.6 Å². The normalized spacial score (nSPS) is 19.4. The molecule has 6 heteroatoms. The van der Waals surface area contributed by atoms with Crippen LogP contribution in [0.5, 0.6) is 0 Å². The summed E-state index contributed by atoms with van der Waals surface area (Å²) < 4.78 is 17.4. The number of ether oxygens (including phenoxy) is 1. The molecule has 2 rings (SSSR count). The summed E-state index contributed by atoms with van der Waals surface area (Å²) >= 11 is 6.35. The van der Waals surface area contributed by atoms with Crippen molar-refractivity contribution in [3.8, 4) is 0 Å². The van der Waals surface area contributed by atoms with Gasteiger partial charge < -0.3 is 14.0 Å². The summed E-state index contributed by atoms with van der Waals surface area (Å²) in [6.45, 7) is 13.5. The van der Waals surface area contributed by atoms with E-state index in [9.17, 15) is 4.79 Å². The summed E-state index contributed by atoms with van der Waals surface area (Å²) in [7, 11) is -0.469. The molecule has 4 nitrogen and oxygen atoms in total. The van der Waals surface area contributed by atoms with Crippen molar-refractivity contribution in [3.63, 3.8) is 0 Å². The molecule has 1 aromatic carbocycles. The summed E-state index contributed by atoms with van der Waals surface area (Å²) in [5.74, 6) is -0.298. The van der Waals surface area contributed by atoms with Crippen LogP contribution in [0.15, 0.2) is 18.2 Å². The Balaban J connectivity index is 2.12. The first-order chi connectivity index (χ1) is 10.8. The Morgan fingerprint density at radius 3 is 2.17 bits per heavy atom. The fraction of sp³-hybridized carbons (Fsp3) is 0.611. The highest BCUT2D eigenvalue weighted by Crippen LogP contribution is 2.36. The van der Waals surface area contributed by atoms with E-state index in [1.807, 2.05) is 60.6 Å². The quantitative estimate of drug-likeness (QED) is 0.617. The van der Waals surface area contributed by atoms with Gasteiger partial charge in [-0.3, -0.25) is 4.79 Å². The molecule has 1 saturated heterocycles. The van der Waals surface area contributed by atoms with E-state index in [0.717, 1.165) is 11.0 Å². The van der Waals surface area contributed by atoms with Crippen molar-refractivity contribution in [2.45, 2.75) is 71.7 Å². The number of carbonyl (C=O) groups is 1. The molecule has 1 aliphatic rings. The lowest BCUT2D eigenvalue weighted by atomic mass is 9.78. The van der Waals surface area contributed by atoms with E-state index in [4.69, 9.17) is 25.6 Å². The van der Waals surface area contributed by atoms with Crippen LogP contribution in [0.1, 0.15) is 54.0 Å². The van der Waals surface area contributed by atoms with Gasteiger partial charge in [0, 0.05) is 5.02 Å². The Morgan fingerprint density at radius 2 is 1.71 bits per heavy atom.